The molecule has 0 saturated carbocycles. The number of benzene rings is 1. The molecule has 3 rings (SSSR count). The summed E-state index contributed by atoms with van der Waals surface area (Å²) in [7, 11) is 0. The Morgan fingerprint density at radius 1 is 1.33 bits per heavy atom. The van der Waals surface area contributed by atoms with E-state index in [0.717, 1.165) is 22.2 Å². The zero-order valence-electron chi connectivity index (χ0n) is 9.81. The van der Waals surface area contributed by atoms with Crippen molar-refractivity contribution >= 4 is 22.8 Å². The smallest absolute Gasteiger partial charge is 0.169 e. The lowest BCUT2D eigenvalue weighted by Crippen LogP contribution is -2.10. The first-order chi connectivity index (χ1) is 8.78. The Morgan fingerprint density at radius 3 is 3.00 bits per heavy atom. The number of nitrogens with zero attached hydrogens (tertiary/aromatic N) is 1. The number of para-hydroxylation sites is 1. The van der Waals surface area contributed by atoms with E-state index in [-0.39, 0.29) is 5.78 Å². The fourth-order valence-electron chi connectivity index (χ4n) is 2.25. The maximum Gasteiger partial charge on any atom is 0.169 e. The summed E-state index contributed by atoms with van der Waals surface area (Å²) in [5.74, 6) is 2.69. The lowest BCUT2D eigenvalue weighted by atomic mass is 9.92. The van der Waals surface area contributed by atoms with Gasteiger partial charge in [-0.25, -0.2) is 4.98 Å². The molecule has 0 atom stereocenters. The molecule has 1 aromatic heterocycles. The quantitative estimate of drug-likeness (QED) is 0.708. The van der Waals surface area contributed by atoms with Crippen LogP contribution in [0.1, 0.15) is 28.9 Å². The largest absolute Gasteiger partial charge is 0.294 e. The van der Waals surface area contributed by atoms with E-state index in [1.165, 1.54) is 0 Å². The number of pyridine rings is 1. The standard InChI is InChI=1S/C16H11NO/c1-2-5-11-8-15-13(16(18)9-11)10-12-6-3-4-7-14(12)17-15/h1,3-4,6-8,10H,5,9H2. The fourth-order valence-corrected chi connectivity index (χ4v) is 2.25. The average molecular weight is 233 g/mol. The monoisotopic (exact) mass is 233 g/mol. The van der Waals surface area contributed by atoms with Crippen molar-refractivity contribution in [3.8, 4) is 12.3 Å². The summed E-state index contributed by atoms with van der Waals surface area (Å²) in [6, 6.07) is 9.73. The van der Waals surface area contributed by atoms with Crippen LogP contribution in [0, 0.1) is 12.3 Å². The second-order valence-electron chi connectivity index (χ2n) is 4.40. The van der Waals surface area contributed by atoms with E-state index in [1.54, 1.807) is 0 Å². The minimum absolute atomic E-state index is 0.107. The van der Waals surface area contributed by atoms with E-state index in [4.69, 9.17) is 6.42 Å². The van der Waals surface area contributed by atoms with E-state index >= 15 is 0 Å². The molecule has 86 valence electrons. The van der Waals surface area contributed by atoms with Crippen LogP contribution >= 0.6 is 0 Å². The minimum Gasteiger partial charge on any atom is -0.294 e. The summed E-state index contributed by atoms with van der Waals surface area (Å²) >= 11 is 0. The zero-order chi connectivity index (χ0) is 12.5. The van der Waals surface area contributed by atoms with Crippen molar-refractivity contribution in [3.63, 3.8) is 0 Å². The average Bonchev–Trinajstić information content (AvgIpc) is 2.37. The minimum atomic E-state index is 0.107. The number of hydrogen-bond donors (Lipinski definition) is 0. The predicted molar refractivity (Wildman–Crippen MR) is 72.1 cm³/mol. The molecule has 0 unspecified atom stereocenters. The summed E-state index contributed by atoms with van der Waals surface area (Å²) in [6.07, 6.45) is 8.17. The highest BCUT2D eigenvalue weighted by atomic mass is 16.1. The van der Waals surface area contributed by atoms with Crippen molar-refractivity contribution in [3.05, 3.63) is 47.2 Å². The first-order valence-electron chi connectivity index (χ1n) is 5.84. The van der Waals surface area contributed by atoms with E-state index in [2.05, 4.69) is 10.9 Å². The summed E-state index contributed by atoms with van der Waals surface area (Å²) in [6.45, 7) is 0. The fraction of sp³-hybridized carbons (Fsp3) is 0.125. The van der Waals surface area contributed by atoms with E-state index in [9.17, 15) is 4.79 Å². The molecule has 1 aliphatic carbocycles. The van der Waals surface area contributed by atoms with Gasteiger partial charge in [0.05, 0.1) is 11.2 Å². The summed E-state index contributed by atoms with van der Waals surface area (Å²) < 4.78 is 0. The summed E-state index contributed by atoms with van der Waals surface area (Å²) in [5, 5.41) is 0.999. The van der Waals surface area contributed by atoms with Gasteiger partial charge in [0.25, 0.3) is 0 Å². The van der Waals surface area contributed by atoms with Crippen LogP contribution in [0.25, 0.3) is 17.0 Å². The third-order valence-electron chi connectivity index (χ3n) is 3.11. The van der Waals surface area contributed by atoms with E-state index < -0.39 is 0 Å². The number of carbonyl (C=O) groups excluding carboxylic acids is 1. The number of carbonyl (C=O) groups is 1. The molecule has 0 amide bonds. The Hall–Kier alpha value is -2.40. The molecule has 0 spiro atoms. The molecule has 0 radical (unpaired) electrons. The van der Waals surface area contributed by atoms with Crippen molar-refractivity contribution in [1.29, 1.82) is 0 Å². The molecule has 1 heterocycles. The molecule has 2 aromatic rings. The molecule has 1 aliphatic rings. The van der Waals surface area contributed by atoms with Gasteiger partial charge in [-0.1, -0.05) is 18.2 Å². The Labute approximate surface area is 105 Å². The highest BCUT2D eigenvalue weighted by molar-refractivity contribution is 6.05. The van der Waals surface area contributed by atoms with Crippen molar-refractivity contribution in [2.75, 3.05) is 0 Å². The van der Waals surface area contributed by atoms with Gasteiger partial charge in [-0.15, -0.1) is 12.3 Å². The van der Waals surface area contributed by atoms with Crippen molar-refractivity contribution in [2.24, 2.45) is 0 Å². The van der Waals surface area contributed by atoms with Crippen LogP contribution in [0.4, 0.5) is 0 Å². The Morgan fingerprint density at radius 2 is 2.17 bits per heavy atom. The van der Waals surface area contributed by atoms with Crippen LogP contribution in [-0.2, 0) is 0 Å². The van der Waals surface area contributed by atoms with Crippen molar-refractivity contribution in [2.45, 2.75) is 12.8 Å². The maximum atomic E-state index is 12.1. The maximum absolute atomic E-state index is 12.1. The summed E-state index contributed by atoms with van der Waals surface area (Å²) in [5.41, 5.74) is 3.32. The van der Waals surface area contributed by atoms with Gasteiger partial charge in [-0.2, -0.15) is 0 Å². The molecule has 0 N–H and O–H groups in total. The van der Waals surface area contributed by atoms with E-state index in [1.807, 2.05) is 36.4 Å². The number of Topliss-reactive ketones (excluding diaryl/α,β-unsaturated/α-hetero) is 1. The van der Waals surface area contributed by atoms with Gasteiger partial charge >= 0.3 is 0 Å². The highest BCUT2D eigenvalue weighted by Crippen LogP contribution is 2.27. The Bertz CT molecular complexity index is 719. The van der Waals surface area contributed by atoms with Gasteiger partial charge in [-0.3, -0.25) is 4.79 Å². The van der Waals surface area contributed by atoms with Crippen LogP contribution in [0.15, 0.2) is 35.9 Å². The van der Waals surface area contributed by atoms with Crippen LogP contribution in [0.3, 0.4) is 0 Å². The van der Waals surface area contributed by atoms with Gasteiger partial charge in [0.2, 0.25) is 0 Å². The first kappa shape index (κ1) is 10.7. The highest BCUT2D eigenvalue weighted by Gasteiger charge is 2.19. The third-order valence-corrected chi connectivity index (χ3v) is 3.11. The molecule has 0 saturated heterocycles. The zero-order valence-corrected chi connectivity index (χ0v) is 9.81. The van der Waals surface area contributed by atoms with Gasteiger partial charge in [0.15, 0.2) is 5.78 Å². The van der Waals surface area contributed by atoms with Crippen LogP contribution in [0.2, 0.25) is 0 Å². The van der Waals surface area contributed by atoms with Crippen LogP contribution in [-0.4, -0.2) is 10.8 Å². The molecule has 18 heavy (non-hydrogen) atoms. The third kappa shape index (κ3) is 1.70. The van der Waals surface area contributed by atoms with Gasteiger partial charge < -0.3 is 0 Å². The topological polar surface area (TPSA) is 30.0 Å². The number of hydrogen-bond acceptors (Lipinski definition) is 2. The molecular weight excluding hydrogens is 222 g/mol. The molecule has 1 aromatic carbocycles. The van der Waals surface area contributed by atoms with Crippen LogP contribution in [0.5, 0.6) is 0 Å². The number of fused-ring (bicyclic) bond motifs is 2. The van der Waals surface area contributed by atoms with Gasteiger partial charge in [-0.05, 0) is 23.8 Å². The SMILES string of the molecule is C#CCC1=Cc2nc3ccccc3cc2C(=O)C1. The predicted octanol–water partition coefficient (Wildman–Crippen LogP) is 3.23. The summed E-state index contributed by atoms with van der Waals surface area (Å²) in [4.78, 5) is 16.6. The van der Waals surface area contributed by atoms with Gasteiger partial charge in [0, 0.05) is 23.8 Å². The molecular formula is C16H11NO. The molecule has 2 nitrogen and oxygen atoms in total. The lowest BCUT2D eigenvalue weighted by molar-refractivity contribution is 0.0991. The number of rotatable bonds is 1. The number of aromatic nitrogens is 1. The molecule has 0 bridgehead atoms. The second-order valence-corrected chi connectivity index (χ2v) is 4.40. The van der Waals surface area contributed by atoms with Gasteiger partial charge in [0.1, 0.15) is 0 Å². The Balaban J connectivity index is 2.22. The van der Waals surface area contributed by atoms with Crippen molar-refractivity contribution in [1.82, 2.24) is 4.98 Å². The van der Waals surface area contributed by atoms with Crippen molar-refractivity contribution < 1.29 is 4.79 Å². The number of ketones is 1. The normalized spacial score (nSPS) is 13.9. The first-order valence-corrected chi connectivity index (χ1v) is 5.84. The molecule has 0 aliphatic heterocycles. The molecule has 2 heteroatoms. The van der Waals surface area contributed by atoms with Crippen LogP contribution < -0.4 is 0 Å². The number of allylic oxidation sites excluding steroid dienone is 1. The second kappa shape index (κ2) is 4.12. The lowest BCUT2D eigenvalue weighted by Gasteiger charge is -2.14. The number of terminal acetylenes is 1. The molecule has 0 fully saturated rings. The Kier molecular flexibility index (Phi) is 2.46. The van der Waals surface area contributed by atoms with E-state index in [0.29, 0.717) is 18.4 Å².